The van der Waals surface area contributed by atoms with Gasteiger partial charge in [0.05, 0.1) is 22.4 Å². The highest BCUT2D eigenvalue weighted by molar-refractivity contribution is 7.22. The summed E-state index contributed by atoms with van der Waals surface area (Å²) in [5.74, 6) is 0.709. The monoisotopic (exact) mass is 682 g/mol. The van der Waals surface area contributed by atoms with Crippen LogP contribution >= 0.6 is 11.3 Å². The number of hydrogen-bond donors (Lipinski definition) is 0. The minimum Gasteiger partial charge on any atom is -0.309 e. The molecule has 244 valence electrons. The van der Waals surface area contributed by atoms with Gasteiger partial charge in [-0.3, -0.25) is 4.98 Å². The summed E-state index contributed by atoms with van der Waals surface area (Å²) >= 11 is 1.79. The van der Waals surface area contributed by atoms with Gasteiger partial charge in [0.1, 0.15) is 0 Å². The predicted octanol–water partition coefficient (Wildman–Crippen LogP) is 12.5. The topological polar surface area (TPSA) is 43.6 Å². The van der Waals surface area contributed by atoms with E-state index in [0.717, 1.165) is 61.1 Å². The predicted molar refractivity (Wildman–Crippen MR) is 217 cm³/mol. The zero-order chi connectivity index (χ0) is 34.4. The van der Waals surface area contributed by atoms with Crippen LogP contribution in [-0.4, -0.2) is 19.5 Å². The quantitative estimate of drug-likeness (QED) is 0.175. The summed E-state index contributed by atoms with van der Waals surface area (Å²) in [6.45, 7) is 0. The molecular weight excluding hydrogens is 653 g/mol. The second-order valence-corrected chi connectivity index (χ2v) is 14.0. The van der Waals surface area contributed by atoms with Gasteiger partial charge in [-0.2, -0.15) is 0 Å². The Labute approximate surface area is 305 Å². The van der Waals surface area contributed by atoms with Crippen LogP contribution in [0, 0.1) is 0 Å². The maximum absolute atomic E-state index is 5.30. The third-order valence-corrected chi connectivity index (χ3v) is 10.8. The van der Waals surface area contributed by atoms with E-state index in [-0.39, 0.29) is 0 Å². The summed E-state index contributed by atoms with van der Waals surface area (Å²) < 4.78 is 3.61. The maximum atomic E-state index is 5.30. The van der Waals surface area contributed by atoms with E-state index in [9.17, 15) is 0 Å². The molecule has 4 aromatic heterocycles. The van der Waals surface area contributed by atoms with Crippen molar-refractivity contribution in [3.05, 3.63) is 182 Å². The van der Waals surface area contributed by atoms with Crippen molar-refractivity contribution in [1.29, 1.82) is 0 Å². The second kappa shape index (κ2) is 12.6. The van der Waals surface area contributed by atoms with Gasteiger partial charge in [0.2, 0.25) is 0 Å². The summed E-state index contributed by atoms with van der Waals surface area (Å²) in [7, 11) is 0. The Balaban J connectivity index is 1.25. The first kappa shape index (κ1) is 30.2. The number of benzene rings is 6. The van der Waals surface area contributed by atoms with Gasteiger partial charge in [-0.1, -0.05) is 109 Å². The summed E-state index contributed by atoms with van der Waals surface area (Å²) in [6, 6.07) is 60.2. The average molecular weight is 683 g/mol. The van der Waals surface area contributed by atoms with E-state index in [4.69, 9.17) is 9.97 Å². The van der Waals surface area contributed by atoms with Crippen molar-refractivity contribution in [1.82, 2.24) is 19.5 Å². The zero-order valence-corrected chi connectivity index (χ0v) is 28.8. The van der Waals surface area contributed by atoms with Gasteiger partial charge in [0.15, 0.2) is 5.82 Å². The highest BCUT2D eigenvalue weighted by atomic mass is 32.1. The third kappa shape index (κ3) is 5.36. The number of para-hydroxylation sites is 2. The fraction of sp³-hybridized carbons (Fsp3) is 0. The number of fused-ring (bicyclic) bond motifs is 3. The molecule has 6 aromatic carbocycles. The van der Waals surface area contributed by atoms with Crippen LogP contribution in [0.5, 0.6) is 0 Å². The lowest BCUT2D eigenvalue weighted by Gasteiger charge is -2.16. The van der Waals surface area contributed by atoms with Crippen LogP contribution in [0.2, 0.25) is 0 Å². The van der Waals surface area contributed by atoms with Gasteiger partial charge in [-0.05, 0) is 82.9 Å². The normalized spacial score (nSPS) is 11.5. The SMILES string of the molecule is c1ccc(-c2cccc(-n3c(-c4cc(-c5cc6cnccc6s5)cc(-c5nc(-c6ccccc6)nc6ccccc56)c4)cc4ccccc43)c2)cc1. The van der Waals surface area contributed by atoms with Gasteiger partial charge in [0, 0.05) is 54.9 Å². The van der Waals surface area contributed by atoms with Gasteiger partial charge in [0.25, 0.3) is 0 Å². The lowest BCUT2D eigenvalue weighted by Crippen LogP contribution is -1.99. The van der Waals surface area contributed by atoms with Gasteiger partial charge in [-0.15, -0.1) is 11.3 Å². The van der Waals surface area contributed by atoms with Crippen LogP contribution in [0.15, 0.2) is 182 Å². The molecule has 0 radical (unpaired) electrons. The Kier molecular flexibility index (Phi) is 7.29. The lowest BCUT2D eigenvalue weighted by molar-refractivity contribution is 1.13. The summed E-state index contributed by atoms with van der Waals surface area (Å²) in [4.78, 5) is 15.9. The molecule has 0 unspecified atom stereocenters. The number of hydrogen-bond acceptors (Lipinski definition) is 4. The molecule has 0 amide bonds. The fourth-order valence-corrected chi connectivity index (χ4v) is 8.21. The standard InChI is InChI=1S/C47H30N4S/c1-3-12-31(13-4-1)33-17-11-18-39(27-33)51-42-21-10-7-16-34(42)28-43(51)35-24-36(45-29-38-30-48-23-22-44(38)52-45)26-37(25-35)46-40-19-8-9-20-41(40)49-47(50-46)32-14-5-2-6-15-32/h1-30H. The van der Waals surface area contributed by atoms with E-state index in [1.165, 1.54) is 26.1 Å². The van der Waals surface area contributed by atoms with Gasteiger partial charge in [-0.25, -0.2) is 9.97 Å². The molecule has 0 fully saturated rings. The molecule has 0 aliphatic carbocycles. The molecule has 10 rings (SSSR count). The van der Waals surface area contributed by atoms with Crippen molar-refractivity contribution >= 4 is 43.2 Å². The molecule has 0 saturated heterocycles. The number of nitrogens with zero attached hydrogens (tertiary/aromatic N) is 4. The molecule has 5 heteroatoms. The van der Waals surface area contributed by atoms with E-state index in [1.54, 1.807) is 11.3 Å². The molecule has 0 spiro atoms. The minimum absolute atomic E-state index is 0.709. The minimum atomic E-state index is 0.709. The summed E-state index contributed by atoms with van der Waals surface area (Å²) in [5, 5.41) is 3.34. The molecule has 0 aliphatic rings. The second-order valence-electron chi connectivity index (χ2n) is 12.9. The first-order valence-corrected chi connectivity index (χ1v) is 18.2. The Bertz CT molecular complexity index is 2870. The smallest absolute Gasteiger partial charge is 0.160 e. The molecule has 0 bridgehead atoms. The molecule has 0 atom stereocenters. The Morgan fingerprint density at radius 3 is 2.08 bits per heavy atom. The van der Waals surface area contributed by atoms with E-state index >= 15 is 0 Å². The third-order valence-electron chi connectivity index (χ3n) is 9.66. The summed E-state index contributed by atoms with van der Waals surface area (Å²) in [5.41, 5.74) is 11.8. The molecule has 0 aliphatic heterocycles. The lowest BCUT2D eigenvalue weighted by atomic mass is 9.97. The van der Waals surface area contributed by atoms with E-state index in [0.29, 0.717) is 5.82 Å². The van der Waals surface area contributed by atoms with Gasteiger partial charge >= 0.3 is 0 Å². The zero-order valence-electron chi connectivity index (χ0n) is 28.0. The highest BCUT2D eigenvalue weighted by Gasteiger charge is 2.19. The fourth-order valence-electron chi connectivity index (χ4n) is 7.19. The van der Waals surface area contributed by atoms with Crippen molar-refractivity contribution in [2.45, 2.75) is 0 Å². The van der Waals surface area contributed by atoms with Crippen LogP contribution in [-0.2, 0) is 0 Å². The molecule has 52 heavy (non-hydrogen) atoms. The van der Waals surface area contributed by atoms with Crippen molar-refractivity contribution in [2.24, 2.45) is 0 Å². The van der Waals surface area contributed by atoms with Crippen molar-refractivity contribution < 1.29 is 0 Å². The Morgan fingerprint density at radius 1 is 0.481 bits per heavy atom. The van der Waals surface area contributed by atoms with Crippen LogP contribution in [0.4, 0.5) is 0 Å². The molecular formula is C47H30N4S. The first-order valence-electron chi connectivity index (χ1n) is 17.3. The largest absolute Gasteiger partial charge is 0.309 e. The van der Waals surface area contributed by atoms with Crippen LogP contribution in [0.3, 0.4) is 0 Å². The Hall–Kier alpha value is -6.69. The van der Waals surface area contributed by atoms with Crippen LogP contribution in [0.25, 0.3) is 93.0 Å². The van der Waals surface area contributed by atoms with Crippen molar-refractivity contribution in [3.63, 3.8) is 0 Å². The number of rotatable bonds is 6. The number of thiophene rings is 1. The van der Waals surface area contributed by atoms with Crippen molar-refractivity contribution in [3.8, 4) is 61.2 Å². The molecule has 4 nitrogen and oxygen atoms in total. The maximum Gasteiger partial charge on any atom is 0.160 e. The Morgan fingerprint density at radius 2 is 1.21 bits per heavy atom. The van der Waals surface area contributed by atoms with E-state index < -0.39 is 0 Å². The molecule has 10 aromatic rings. The molecule has 0 saturated carbocycles. The molecule has 0 N–H and O–H groups in total. The number of aromatic nitrogens is 4. The van der Waals surface area contributed by atoms with E-state index in [1.807, 2.05) is 36.7 Å². The summed E-state index contributed by atoms with van der Waals surface area (Å²) in [6.07, 6.45) is 3.81. The average Bonchev–Trinajstić information content (AvgIpc) is 3.84. The molecule has 4 heterocycles. The van der Waals surface area contributed by atoms with Gasteiger partial charge < -0.3 is 4.57 Å². The van der Waals surface area contributed by atoms with E-state index in [2.05, 4.69) is 155 Å². The first-order chi connectivity index (χ1) is 25.7. The van der Waals surface area contributed by atoms with Crippen LogP contribution in [0.1, 0.15) is 0 Å². The van der Waals surface area contributed by atoms with Crippen LogP contribution < -0.4 is 0 Å². The number of pyridine rings is 1. The highest BCUT2D eigenvalue weighted by Crippen LogP contribution is 2.41. The van der Waals surface area contributed by atoms with Crippen molar-refractivity contribution in [2.75, 3.05) is 0 Å².